The van der Waals surface area contributed by atoms with E-state index in [1.54, 1.807) is 0 Å². The molecule has 11 nitrogen and oxygen atoms in total. The maximum absolute atomic E-state index is 11.8. The molecule has 1 fully saturated rings. The fraction of sp³-hybridized carbons (Fsp3) is 0.600. The molecule has 1 saturated heterocycles. The molecule has 0 saturated carbocycles. The summed E-state index contributed by atoms with van der Waals surface area (Å²) in [5.41, 5.74) is 6.58. The van der Waals surface area contributed by atoms with E-state index >= 15 is 0 Å². The third-order valence-electron chi connectivity index (χ3n) is 3.08. The Labute approximate surface area is 127 Å². The van der Waals surface area contributed by atoms with Gasteiger partial charge in [0, 0.05) is 11.1 Å². The van der Waals surface area contributed by atoms with Crippen LogP contribution in [0.1, 0.15) is 6.23 Å². The van der Waals surface area contributed by atoms with Crippen molar-refractivity contribution >= 4 is 11.6 Å². The summed E-state index contributed by atoms with van der Waals surface area (Å²) in [5.74, 6) is 0. The minimum absolute atomic E-state index is 0.269. The van der Waals surface area contributed by atoms with E-state index in [1.807, 2.05) is 4.98 Å². The van der Waals surface area contributed by atoms with Crippen LogP contribution in [0.15, 0.2) is 20.9 Å². The molecule has 0 radical (unpaired) electrons. The molecule has 0 unspecified atom stereocenters. The molecule has 1 aliphatic heterocycles. The topological polar surface area (TPSA) is 163 Å². The average molecular weight is 334 g/mol. The van der Waals surface area contributed by atoms with E-state index in [1.165, 1.54) is 0 Å². The number of ether oxygens (including phenoxy) is 2. The minimum atomic E-state index is -1.36. The Morgan fingerprint density at radius 1 is 1.59 bits per heavy atom. The number of aliphatic hydroxyl groups excluding tert-OH is 2. The number of hydrogen-bond donors (Lipinski definition) is 3. The first kappa shape index (κ1) is 16.5. The number of nitrogens with one attached hydrogen (secondary N) is 1. The number of halogens is 1. The Bertz CT molecular complexity index is 698. The maximum Gasteiger partial charge on any atom is 0.330 e. The lowest BCUT2D eigenvalue weighted by Gasteiger charge is -2.19. The van der Waals surface area contributed by atoms with Crippen LogP contribution < -0.4 is 11.2 Å². The normalized spacial score (nSPS) is 27.6. The van der Waals surface area contributed by atoms with Crippen molar-refractivity contribution < 1.29 is 19.7 Å². The Balaban J connectivity index is 2.29. The third-order valence-corrected chi connectivity index (χ3v) is 3.35. The smallest absolute Gasteiger partial charge is 0.330 e. The van der Waals surface area contributed by atoms with Crippen LogP contribution in [-0.2, 0) is 9.47 Å². The van der Waals surface area contributed by atoms with E-state index in [4.69, 9.17) is 26.6 Å². The third kappa shape index (κ3) is 3.14. The summed E-state index contributed by atoms with van der Waals surface area (Å²) in [6.07, 6.45) is -3.55. The quantitative estimate of drug-likeness (QED) is 0.359. The second-order valence-electron chi connectivity index (χ2n) is 4.37. The highest BCUT2D eigenvalue weighted by Gasteiger charge is 2.45. The number of aliphatic hydroxyl groups is 2. The van der Waals surface area contributed by atoms with Crippen LogP contribution in [-0.4, -0.2) is 51.4 Å². The highest BCUT2D eigenvalue weighted by molar-refractivity contribution is 6.30. The summed E-state index contributed by atoms with van der Waals surface area (Å²) >= 11 is 5.64. The molecule has 2 rings (SSSR count). The van der Waals surface area contributed by atoms with Crippen LogP contribution in [0, 0.1) is 0 Å². The van der Waals surface area contributed by atoms with Gasteiger partial charge in [-0.2, -0.15) is 0 Å². The zero-order valence-electron chi connectivity index (χ0n) is 11.0. The molecule has 1 aromatic heterocycles. The number of H-pyrrole nitrogens is 1. The van der Waals surface area contributed by atoms with E-state index in [9.17, 15) is 19.8 Å². The summed E-state index contributed by atoms with van der Waals surface area (Å²) in [6, 6.07) is 0. The van der Waals surface area contributed by atoms with Crippen LogP contribution in [0.5, 0.6) is 0 Å². The molecule has 0 aromatic carbocycles. The van der Waals surface area contributed by atoms with Crippen LogP contribution in [0.2, 0.25) is 5.02 Å². The lowest BCUT2D eigenvalue weighted by Crippen LogP contribution is -2.39. The molecule has 2 heterocycles. The second kappa shape index (κ2) is 6.92. The zero-order chi connectivity index (χ0) is 16.3. The van der Waals surface area contributed by atoms with Crippen molar-refractivity contribution in [3.8, 4) is 0 Å². The highest BCUT2D eigenvalue weighted by atomic mass is 35.5. The largest absolute Gasteiger partial charge is 0.394 e. The monoisotopic (exact) mass is 333 g/mol. The molecular formula is C10H12ClN5O6. The number of azide groups is 1. The van der Waals surface area contributed by atoms with Crippen molar-refractivity contribution in [2.45, 2.75) is 24.5 Å². The number of rotatable bonds is 5. The van der Waals surface area contributed by atoms with E-state index < -0.39 is 42.4 Å². The zero-order valence-corrected chi connectivity index (χ0v) is 11.8. The van der Waals surface area contributed by atoms with Crippen molar-refractivity contribution in [3.05, 3.63) is 42.5 Å². The van der Waals surface area contributed by atoms with E-state index in [-0.39, 0.29) is 11.8 Å². The fourth-order valence-electron chi connectivity index (χ4n) is 2.10. The molecule has 1 aliphatic rings. The molecule has 4 atom stereocenters. The van der Waals surface area contributed by atoms with Gasteiger partial charge < -0.3 is 19.7 Å². The van der Waals surface area contributed by atoms with Crippen molar-refractivity contribution in [3.63, 3.8) is 0 Å². The van der Waals surface area contributed by atoms with Crippen LogP contribution in [0.3, 0.4) is 0 Å². The van der Waals surface area contributed by atoms with Gasteiger partial charge in [-0.25, -0.2) is 4.79 Å². The number of aromatic amines is 1. The molecule has 3 N–H and O–H groups in total. The van der Waals surface area contributed by atoms with Crippen molar-refractivity contribution in [2.75, 3.05) is 13.3 Å². The van der Waals surface area contributed by atoms with Crippen molar-refractivity contribution in [2.24, 2.45) is 5.11 Å². The number of aromatic nitrogens is 2. The Morgan fingerprint density at radius 2 is 2.32 bits per heavy atom. The molecule has 0 spiro atoms. The maximum atomic E-state index is 11.8. The molecule has 22 heavy (non-hydrogen) atoms. The van der Waals surface area contributed by atoms with Gasteiger partial charge in [-0.15, -0.1) is 0 Å². The van der Waals surface area contributed by atoms with Gasteiger partial charge in [0.1, 0.15) is 30.1 Å². The minimum Gasteiger partial charge on any atom is -0.394 e. The summed E-state index contributed by atoms with van der Waals surface area (Å²) < 4.78 is 11.4. The summed E-state index contributed by atoms with van der Waals surface area (Å²) in [5, 5.41) is 22.3. The van der Waals surface area contributed by atoms with Crippen LogP contribution >= 0.6 is 11.6 Å². The fourth-order valence-corrected chi connectivity index (χ4v) is 2.25. The Kier molecular flexibility index (Phi) is 5.19. The van der Waals surface area contributed by atoms with Gasteiger partial charge in [-0.1, -0.05) is 16.7 Å². The molecule has 12 heteroatoms. The van der Waals surface area contributed by atoms with Crippen molar-refractivity contribution in [1.82, 2.24) is 9.55 Å². The lowest BCUT2D eigenvalue weighted by atomic mass is 10.1. The number of nitrogens with zero attached hydrogens (tertiary/aromatic N) is 4. The predicted octanol–water partition coefficient (Wildman–Crippen LogP) is -0.906. The molecule has 0 bridgehead atoms. The lowest BCUT2D eigenvalue weighted by molar-refractivity contribution is -0.0613. The van der Waals surface area contributed by atoms with E-state index in [2.05, 4.69) is 10.0 Å². The first-order chi connectivity index (χ1) is 10.5. The highest BCUT2D eigenvalue weighted by Crippen LogP contribution is 2.30. The summed E-state index contributed by atoms with van der Waals surface area (Å²) in [7, 11) is 0. The van der Waals surface area contributed by atoms with Gasteiger partial charge in [-0.3, -0.25) is 14.3 Å². The molecule has 1 aromatic rings. The van der Waals surface area contributed by atoms with Crippen LogP contribution in [0.4, 0.5) is 0 Å². The van der Waals surface area contributed by atoms with Crippen molar-refractivity contribution in [1.29, 1.82) is 0 Å². The molecule has 0 aliphatic carbocycles. The predicted molar refractivity (Wildman–Crippen MR) is 72.2 cm³/mol. The summed E-state index contributed by atoms with van der Waals surface area (Å²) in [6.45, 7) is -0.883. The second-order valence-corrected chi connectivity index (χ2v) is 4.78. The number of hydrogen-bond acceptors (Lipinski definition) is 7. The molecule has 120 valence electrons. The van der Waals surface area contributed by atoms with Gasteiger partial charge in [0.05, 0.1) is 6.61 Å². The van der Waals surface area contributed by atoms with Gasteiger partial charge in [0.15, 0.2) is 6.23 Å². The Hall–Kier alpha value is -1.88. The SMILES string of the molecule is [N-]=[N+]=NCO[C@H]1[C@@H](O)[C@H](n2cc(Cl)c(=O)[nH]c2=O)O[C@@H]1CO. The van der Waals surface area contributed by atoms with Gasteiger partial charge >= 0.3 is 5.69 Å². The first-order valence-corrected chi connectivity index (χ1v) is 6.45. The molecular weight excluding hydrogens is 322 g/mol. The van der Waals surface area contributed by atoms with E-state index in [0.29, 0.717) is 0 Å². The van der Waals surface area contributed by atoms with E-state index in [0.717, 1.165) is 10.8 Å². The average Bonchev–Trinajstić information content (AvgIpc) is 2.80. The van der Waals surface area contributed by atoms with Gasteiger partial charge in [0.2, 0.25) is 0 Å². The molecule has 0 amide bonds. The van der Waals surface area contributed by atoms with Gasteiger partial charge in [0.25, 0.3) is 5.56 Å². The first-order valence-electron chi connectivity index (χ1n) is 6.07. The Morgan fingerprint density at radius 3 is 2.95 bits per heavy atom. The standard InChI is InChI=1S/C10H12ClN5O6/c11-4-1-16(10(20)14-8(4)19)9-6(18)7(5(2-17)22-9)21-3-13-15-12/h1,5-7,9,17-18H,2-3H2,(H,14,19,20)/t5-,6-,7-,9-/m1/s1. The van der Waals surface area contributed by atoms with Gasteiger partial charge in [-0.05, 0) is 5.53 Å². The summed E-state index contributed by atoms with van der Waals surface area (Å²) in [4.78, 5) is 27.5. The van der Waals surface area contributed by atoms with Crippen LogP contribution in [0.25, 0.3) is 10.4 Å².